The van der Waals surface area contributed by atoms with E-state index in [-0.39, 0.29) is 11.8 Å². The minimum absolute atomic E-state index is 0.0330. The summed E-state index contributed by atoms with van der Waals surface area (Å²) < 4.78 is 5.03. The Morgan fingerprint density at radius 2 is 2.36 bits per heavy atom. The van der Waals surface area contributed by atoms with Crippen molar-refractivity contribution >= 4 is 11.0 Å². The molecule has 4 heteroatoms. The first-order valence-corrected chi connectivity index (χ1v) is 4.50. The maximum Gasteiger partial charge on any atom is 0.208 e. The fourth-order valence-electron chi connectivity index (χ4n) is 1.45. The van der Waals surface area contributed by atoms with Gasteiger partial charge in [0.2, 0.25) is 5.58 Å². The van der Waals surface area contributed by atoms with E-state index in [1.54, 1.807) is 12.1 Å². The van der Waals surface area contributed by atoms with Gasteiger partial charge in [-0.2, -0.15) is 0 Å². The molecule has 1 aromatic heterocycles. The largest absolute Gasteiger partial charge is 0.504 e. The van der Waals surface area contributed by atoms with Crippen LogP contribution in [0.1, 0.15) is 12.6 Å². The lowest BCUT2D eigenvalue weighted by atomic mass is 10.1. The van der Waals surface area contributed by atoms with E-state index in [4.69, 9.17) is 10.3 Å². The summed E-state index contributed by atoms with van der Waals surface area (Å²) in [5.74, 6) is 0.117. The molecular weight excluding hydrogens is 180 g/mol. The number of nitrogens with two attached hydrogens (primary N) is 1. The number of hydrogen-bond acceptors (Lipinski definition) is 4. The van der Waals surface area contributed by atoms with Gasteiger partial charge in [0.1, 0.15) is 0 Å². The minimum atomic E-state index is 0.0330. The molecule has 0 fully saturated rings. The topological polar surface area (TPSA) is 72.3 Å². The molecule has 0 bridgehead atoms. The molecule has 2 aromatic rings. The van der Waals surface area contributed by atoms with Gasteiger partial charge in [-0.3, -0.25) is 0 Å². The van der Waals surface area contributed by atoms with E-state index >= 15 is 0 Å². The summed E-state index contributed by atoms with van der Waals surface area (Å²) in [7, 11) is 0. The highest BCUT2D eigenvalue weighted by molar-refractivity contribution is 5.84. The van der Waals surface area contributed by atoms with Crippen LogP contribution in [0.15, 0.2) is 22.7 Å². The van der Waals surface area contributed by atoms with Crippen LogP contribution in [0.4, 0.5) is 0 Å². The Balaban J connectivity index is 2.52. The number of phenolic OH excluding ortho intramolecular Hbond substituents is 1. The second-order valence-electron chi connectivity index (χ2n) is 3.46. The Hall–Kier alpha value is -1.55. The summed E-state index contributed by atoms with van der Waals surface area (Å²) in [6.45, 7) is 1.91. The first-order chi connectivity index (χ1) is 6.68. The van der Waals surface area contributed by atoms with Gasteiger partial charge in [-0.25, -0.2) is 0 Å². The van der Waals surface area contributed by atoms with Gasteiger partial charge in [0.25, 0.3) is 0 Å². The number of nitrogens with zero attached hydrogens (tertiary/aromatic N) is 1. The first-order valence-electron chi connectivity index (χ1n) is 4.50. The molecule has 0 aliphatic rings. The maximum atomic E-state index is 9.45. The van der Waals surface area contributed by atoms with Crippen LogP contribution in [0.2, 0.25) is 0 Å². The second kappa shape index (κ2) is 3.31. The van der Waals surface area contributed by atoms with E-state index in [9.17, 15) is 5.11 Å². The van der Waals surface area contributed by atoms with Gasteiger partial charge in [0.15, 0.2) is 5.75 Å². The van der Waals surface area contributed by atoms with Crippen LogP contribution in [-0.2, 0) is 6.42 Å². The average molecular weight is 192 g/mol. The Bertz CT molecular complexity index is 448. The zero-order valence-electron chi connectivity index (χ0n) is 7.90. The van der Waals surface area contributed by atoms with Gasteiger partial charge in [-0.05, 0) is 19.1 Å². The number of aromatic nitrogens is 1. The smallest absolute Gasteiger partial charge is 0.208 e. The molecule has 0 saturated heterocycles. The molecule has 1 aromatic carbocycles. The van der Waals surface area contributed by atoms with Gasteiger partial charge >= 0.3 is 0 Å². The van der Waals surface area contributed by atoms with Crippen LogP contribution in [0.5, 0.6) is 5.75 Å². The van der Waals surface area contributed by atoms with E-state index in [0.717, 1.165) is 11.1 Å². The van der Waals surface area contributed by atoms with Crippen molar-refractivity contribution in [1.82, 2.24) is 5.16 Å². The van der Waals surface area contributed by atoms with Crippen molar-refractivity contribution in [2.24, 2.45) is 5.73 Å². The fourth-order valence-corrected chi connectivity index (χ4v) is 1.45. The highest BCUT2D eigenvalue weighted by Crippen LogP contribution is 2.26. The fraction of sp³-hybridized carbons (Fsp3) is 0.300. The van der Waals surface area contributed by atoms with Gasteiger partial charge in [-0.1, -0.05) is 11.2 Å². The zero-order chi connectivity index (χ0) is 10.1. The van der Waals surface area contributed by atoms with Crippen molar-refractivity contribution in [3.63, 3.8) is 0 Å². The van der Waals surface area contributed by atoms with Gasteiger partial charge in [0, 0.05) is 17.8 Å². The second-order valence-corrected chi connectivity index (χ2v) is 3.46. The zero-order valence-corrected chi connectivity index (χ0v) is 7.90. The summed E-state index contributed by atoms with van der Waals surface area (Å²) in [4.78, 5) is 0. The predicted octanol–water partition coefficient (Wildman–Crippen LogP) is 1.42. The highest BCUT2D eigenvalue weighted by Gasteiger charge is 2.11. The summed E-state index contributed by atoms with van der Waals surface area (Å²) >= 11 is 0. The van der Waals surface area contributed by atoms with Crippen LogP contribution < -0.4 is 5.73 Å². The molecule has 74 valence electrons. The van der Waals surface area contributed by atoms with Gasteiger partial charge in [0.05, 0.1) is 5.69 Å². The van der Waals surface area contributed by atoms with Crippen LogP contribution in [0, 0.1) is 0 Å². The lowest BCUT2D eigenvalue weighted by Gasteiger charge is -1.99. The predicted molar refractivity (Wildman–Crippen MR) is 53.0 cm³/mol. The SMILES string of the molecule is CC(N)Cc1noc2c(O)cccc12. The van der Waals surface area contributed by atoms with E-state index in [1.165, 1.54) is 0 Å². The van der Waals surface area contributed by atoms with E-state index in [2.05, 4.69) is 5.16 Å². The molecule has 0 spiro atoms. The third-order valence-electron chi connectivity index (χ3n) is 2.07. The highest BCUT2D eigenvalue weighted by atomic mass is 16.5. The monoisotopic (exact) mass is 192 g/mol. The molecule has 2 rings (SSSR count). The molecule has 14 heavy (non-hydrogen) atoms. The molecule has 1 atom stereocenters. The third-order valence-corrected chi connectivity index (χ3v) is 2.07. The lowest BCUT2D eigenvalue weighted by molar-refractivity contribution is 0.415. The van der Waals surface area contributed by atoms with Crippen molar-refractivity contribution < 1.29 is 9.63 Å². The number of benzene rings is 1. The van der Waals surface area contributed by atoms with Crippen molar-refractivity contribution in [3.8, 4) is 5.75 Å². The average Bonchev–Trinajstić information content (AvgIpc) is 2.49. The molecule has 1 heterocycles. The van der Waals surface area contributed by atoms with Crippen LogP contribution in [0.25, 0.3) is 11.0 Å². The van der Waals surface area contributed by atoms with Crippen molar-refractivity contribution in [2.75, 3.05) is 0 Å². The van der Waals surface area contributed by atoms with E-state index < -0.39 is 0 Å². The molecule has 0 aliphatic carbocycles. The molecule has 3 N–H and O–H groups in total. The Kier molecular flexibility index (Phi) is 2.13. The summed E-state index contributed by atoms with van der Waals surface area (Å²) in [5, 5.41) is 14.2. The molecule has 1 unspecified atom stereocenters. The van der Waals surface area contributed by atoms with Gasteiger partial charge < -0.3 is 15.4 Å². The number of aromatic hydroxyl groups is 1. The summed E-state index contributed by atoms with van der Waals surface area (Å²) in [5.41, 5.74) is 6.90. The first kappa shape index (κ1) is 9.02. The normalized spacial score (nSPS) is 13.3. The molecule has 0 radical (unpaired) electrons. The lowest BCUT2D eigenvalue weighted by Crippen LogP contribution is -2.17. The van der Waals surface area contributed by atoms with Crippen molar-refractivity contribution in [2.45, 2.75) is 19.4 Å². The molecule has 4 nitrogen and oxygen atoms in total. The summed E-state index contributed by atoms with van der Waals surface area (Å²) in [6, 6.07) is 5.23. The molecule has 0 saturated carbocycles. The number of hydrogen-bond donors (Lipinski definition) is 2. The minimum Gasteiger partial charge on any atom is -0.504 e. The number of phenols is 1. The Morgan fingerprint density at radius 1 is 1.57 bits per heavy atom. The van der Waals surface area contributed by atoms with E-state index in [1.807, 2.05) is 13.0 Å². The maximum absolute atomic E-state index is 9.45. The van der Waals surface area contributed by atoms with Crippen LogP contribution in [-0.4, -0.2) is 16.3 Å². The molecular formula is C10H12N2O2. The van der Waals surface area contributed by atoms with Crippen molar-refractivity contribution in [3.05, 3.63) is 23.9 Å². The third kappa shape index (κ3) is 1.44. The standard InChI is InChI=1S/C10H12N2O2/c1-6(11)5-8-7-3-2-4-9(13)10(7)14-12-8/h2-4,6,13H,5,11H2,1H3. The van der Waals surface area contributed by atoms with Crippen LogP contribution in [0.3, 0.4) is 0 Å². The summed E-state index contributed by atoms with van der Waals surface area (Å²) in [6.07, 6.45) is 0.649. The number of fused-ring (bicyclic) bond motifs is 1. The van der Waals surface area contributed by atoms with Crippen LogP contribution >= 0.6 is 0 Å². The number of para-hydroxylation sites is 1. The number of rotatable bonds is 2. The molecule has 0 aliphatic heterocycles. The van der Waals surface area contributed by atoms with Crippen molar-refractivity contribution in [1.29, 1.82) is 0 Å². The quantitative estimate of drug-likeness (QED) is 0.754. The van der Waals surface area contributed by atoms with Gasteiger partial charge in [-0.15, -0.1) is 0 Å². The molecule has 0 amide bonds. The van der Waals surface area contributed by atoms with E-state index in [0.29, 0.717) is 12.0 Å². The Morgan fingerprint density at radius 3 is 3.07 bits per heavy atom. The Labute approximate surface area is 81.3 Å².